The molecule has 0 saturated carbocycles. The van der Waals surface area contributed by atoms with Crippen molar-refractivity contribution in [3.63, 3.8) is 0 Å². The van der Waals surface area contributed by atoms with Crippen LogP contribution in [0.3, 0.4) is 0 Å². The lowest BCUT2D eigenvalue weighted by molar-refractivity contribution is 0.275. The van der Waals surface area contributed by atoms with Crippen LogP contribution in [0.2, 0.25) is 0 Å². The van der Waals surface area contributed by atoms with E-state index in [2.05, 4.69) is 15.6 Å². The molecule has 8 heteroatoms. The summed E-state index contributed by atoms with van der Waals surface area (Å²) in [6.07, 6.45) is 3.01. The Bertz CT molecular complexity index is 698. The van der Waals surface area contributed by atoms with Crippen molar-refractivity contribution in [3.05, 3.63) is 29.8 Å². The maximum atomic E-state index is 11.6. The molecule has 0 unspecified atom stereocenters. The molecule has 0 atom stereocenters. The summed E-state index contributed by atoms with van der Waals surface area (Å²) in [4.78, 5) is 4.26. The second-order valence-corrected chi connectivity index (χ2v) is 8.44. The van der Waals surface area contributed by atoms with Crippen LogP contribution < -0.4 is 15.4 Å². The topological polar surface area (TPSA) is 83.0 Å². The Kier molecular flexibility index (Phi) is 7.71. The molecule has 0 spiro atoms. The van der Waals surface area contributed by atoms with Crippen molar-refractivity contribution in [2.45, 2.75) is 26.3 Å². The molecule has 26 heavy (non-hydrogen) atoms. The fraction of sp³-hybridized carbons (Fsp3) is 0.611. The van der Waals surface area contributed by atoms with Crippen molar-refractivity contribution < 1.29 is 13.2 Å². The Hall–Kier alpha value is -1.80. The number of guanidine groups is 1. The van der Waals surface area contributed by atoms with Crippen LogP contribution in [0.4, 0.5) is 0 Å². The molecule has 1 fully saturated rings. The first-order valence-electron chi connectivity index (χ1n) is 9.04. The highest BCUT2D eigenvalue weighted by Gasteiger charge is 2.24. The molecule has 2 rings (SSSR count). The molecular formula is C18H30N4O3S. The number of hydrogen-bond acceptors (Lipinski definition) is 4. The smallest absolute Gasteiger partial charge is 0.211 e. The second-order valence-electron chi connectivity index (χ2n) is 6.45. The first kappa shape index (κ1) is 20.5. The molecule has 1 aromatic carbocycles. The molecule has 2 N–H and O–H groups in total. The number of ether oxygens (including phenoxy) is 1. The molecule has 146 valence electrons. The zero-order chi connectivity index (χ0) is 19.0. The Labute approximate surface area is 156 Å². The highest BCUT2D eigenvalue weighted by molar-refractivity contribution is 7.88. The predicted molar refractivity (Wildman–Crippen MR) is 105 cm³/mol. The van der Waals surface area contributed by atoms with Crippen molar-refractivity contribution in [1.29, 1.82) is 0 Å². The first-order valence-corrected chi connectivity index (χ1v) is 10.9. The SMILES string of the molecule is CCOc1ccccc1CNC(=NC)NCC1CCN(S(C)(=O)=O)CC1. The van der Waals surface area contributed by atoms with Gasteiger partial charge < -0.3 is 15.4 Å². The van der Waals surface area contributed by atoms with E-state index >= 15 is 0 Å². The summed E-state index contributed by atoms with van der Waals surface area (Å²) in [5, 5.41) is 6.65. The third-order valence-electron chi connectivity index (χ3n) is 4.54. The number of aliphatic imine (C=N–C) groups is 1. The normalized spacial score (nSPS) is 17.1. The summed E-state index contributed by atoms with van der Waals surface area (Å²) in [5.41, 5.74) is 1.08. The largest absolute Gasteiger partial charge is 0.494 e. The van der Waals surface area contributed by atoms with Gasteiger partial charge in [0.2, 0.25) is 10.0 Å². The molecule has 0 bridgehead atoms. The number of nitrogens with zero attached hydrogens (tertiary/aromatic N) is 2. The molecule has 0 aliphatic carbocycles. The monoisotopic (exact) mass is 382 g/mol. The summed E-state index contributed by atoms with van der Waals surface area (Å²) in [7, 11) is -1.32. The van der Waals surface area contributed by atoms with Gasteiger partial charge in [0.25, 0.3) is 0 Å². The number of sulfonamides is 1. The molecule has 1 aromatic rings. The standard InChI is InChI=1S/C18H30N4O3S/c1-4-25-17-8-6-5-7-16(17)14-21-18(19-2)20-13-15-9-11-22(12-10-15)26(3,23)24/h5-8,15H,4,9-14H2,1-3H3,(H2,19,20,21). The lowest BCUT2D eigenvalue weighted by atomic mass is 9.98. The zero-order valence-electron chi connectivity index (χ0n) is 15.9. The highest BCUT2D eigenvalue weighted by Crippen LogP contribution is 2.19. The first-order chi connectivity index (χ1) is 12.4. The van der Waals surface area contributed by atoms with Gasteiger partial charge in [-0.25, -0.2) is 12.7 Å². The summed E-state index contributed by atoms with van der Waals surface area (Å²) >= 11 is 0. The molecule has 1 aliphatic heterocycles. The molecule has 0 amide bonds. The van der Waals surface area contributed by atoms with Gasteiger partial charge in [-0.3, -0.25) is 4.99 Å². The maximum Gasteiger partial charge on any atom is 0.211 e. The van der Waals surface area contributed by atoms with Crippen molar-refractivity contribution in [2.75, 3.05) is 39.5 Å². The van der Waals surface area contributed by atoms with Crippen LogP contribution in [0.5, 0.6) is 5.75 Å². The van der Waals surface area contributed by atoms with Crippen molar-refractivity contribution >= 4 is 16.0 Å². The number of rotatable bonds is 7. The summed E-state index contributed by atoms with van der Waals surface area (Å²) < 4.78 is 30.3. The van der Waals surface area contributed by atoms with E-state index < -0.39 is 10.0 Å². The van der Waals surface area contributed by atoms with Crippen LogP contribution in [0.15, 0.2) is 29.3 Å². The fourth-order valence-electron chi connectivity index (χ4n) is 3.03. The minimum Gasteiger partial charge on any atom is -0.494 e. The van der Waals surface area contributed by atoms with Crippen LogP contribution in [0.25, 0.3) is 0 Å². The molecule has 7 nitrogen and oxygen atoms in total. The van der Waals surface area contributed by atoms with Gasteiger partial charge >= 0.3 is 0 Å². The van der Waals surface area contributed by atoms with Crippen LogP contribution in [-0.4, -0.2) is 58.2 Å². The maximum absolute atomic E-state index is 11.6. The van der Waals surface area contributed by atoms with Gasteiger partial charge in [0.05, 0.1) is 12.9 Å². The van der Waals surface area contributed by atoms with Gasteiger partial charge in [0.1, 0.15) is 5.75 Å². The van der Waals surface area contributed by atoms with Gasteiger partial charge in [0, 0.05) is 38.8 Å². The van der Waals surface area contributed by atoms with E-state index in [9.17, 15) is 8.42 Å². The van der Waals surface area contributed by atoms with Gasteiger partial charge in [-0.05, 0) is 31.7 Å². The van der Waals surface area contributed by atoms with Gasteiger partial charge in [-0.1, -0.05) is 18.2 Å². The quantitative estimate of drug-likeness (QED) is 0.550. The average Bonchev–Trinajstić information content (AvgIpc) is 2.63. The molecule has 1 heterocycles. The Morgan fingerprint density at radius 2 is 1.96 bits per heavy atom. The van der Waals surface area contributed by atoms with E-state index in [1.165, 1.54) is 6.26 Å². The zero-order valence-corrected chi connectivity index (χ0v) is 16.7. The Balaban J connectivity index is 1.79. The van der Waals surface area contributed by atoms with E-state index in [0.29, 0.717) is 32.2 Å². The molecule has 0 radical (unpaired) electrons. The van der Waals surface area contributed by atoms with Crippen LogP contribution in [-0.2, 0) is 16.6 Å². The molecule has 0 aromatic heterocycles. The van der Waals surface area contributed by atoms with Crippen molar-refractivity contribution in [2.24, 2.45) is 10.9 Å². The van der Waals surface area contributed by atoms with Crippen LogP contribution in [0.1, 0.15) is 25.3 Å². The fourth-order valence-corrected chi connectivity index (χ4v) is 3.91. The highest BCUT2D eigenvalue weighted by atomic mass is 32.2. The summed E-state index contributed by atoms with van der Waals surface area (Å²) in [5.74, 6) is 2.07. The molecular weight excluding hydrogens is 352 g/mol. The lowest BCUT2D eigenvalue weighted by Gasteiger charge is -2.30. The van der Waals surface area contributed by atoms with Gasteiger partial charge in [0.15, 0.2) is 5.96 Å². The third kappa shape index (κ3) is 6.17. The number of benzene rings is 1. The van der Waals surface area contributed by atoms with E-state index in [1.807, 2.05) is 31.2 Å². The van der Waals surface area contributed by atoms with E-state index in [-0.39, 0.29) is 0 Å². The summed E-state index contributed by atoms with van der Waals surface area (Å²) in [6, 6.07) is 7.95. The van der Waals surface area contributed by atoms with E-state index in [0.717, 1.165) is 36.7 Å². The molecule has 1 saturated heterocycles. The number of hydrogen-bond donors (Lipinski definition) is 2. The van der Waals surface area contributed by atoms with Crippen molar-refractivity contribution in [1.82, 2.24) is 14.9 Å². The van der Waals surface area contributed by atoms with Crippen molar-refractivity contribution in [3.8, 4) is 5.75 Å². The van der Waals surface area contributed by atoms with E-state index in [1.54, 1.807) is 11.4 Å². The lowest BCUT2D eigenvalue weighted by Crippen LogP contribution is -2.43. The average molecular weight is 383 g/mol. The minimum atomic E-state index is -3.07. The Morgan fingerprint density at radius 3 is 2.58 bits per heavy atom. The van der Waals surface area contributed by atoms with Gasteiger partial charge in [-0.15, -0.1) is 0 Å². The number of piperidine rings is 1. The second kappa shape index (κ2) is 9.78. The number of nitrogens with one attached hydrogen (secondary N) is 2. The predicted octanol–water partition coefficient (Wildman–Crippen LogP) is 1.42. The number of para-hydroxylation sites is 1. The molecule has 1 aliphatic rings. The third-order valence-corrected chi connectivity index (χ3v) is 5.85. The van der Waals surface area contributed by atoms with E-state index in [4.69, 9.17) is 4.74 Å². The van der Waals surface area contributed by atoms with Crippen LogP contribution in [0, 0.1) is 5.92 Å². The Morgan fingerprint density at radius 1 is 1.27 bits per heavy atom. The van der Waals surface area contributed by atoms with Crippen LogP contribution >= 0.6 is 0 Å². The minimum absolute atomic E-state index is 0.447. The van der Waals surface area contributed by atoms with Gasteiger partial charge in [-0.2, -0.15) is 0 Å². The summed E-state index contributed by atoms with van der Waals surface area (Å²) in [6.45, 7) is 5.21.